The number of cyclic esters (lactones) is 1. The molecule has 1 aromatic carbocycles. The molecule has 19 heavy (non-hydrogen) atoms. The first kappa shape index (κ1) is 12.6. The van der Waals surface area contributed by atoms with Crippen LogP contribution in [0.3, 0.4) is 0 Å². The topological polar surface area (TPSA) is 29.5 Å². The maximum absolute atomic E-state index is 11.1. The van der Waals surface area contributed by atoms with Crippen molar-refractivity contribution in [3.63, 3.8) is 0 Å². The SMILES string of the molecule is CN(Cc1cc2ccccc2s1)C[C@@H]1CCC(=O)O1. The highest BCUT2D eigenvalue weighted by atomic mass is 32.1. The van der Waals surface area contributed by atoms with Crippen molar-refractivity contribution in [2.45, 2.75) is 25.5 Å². The monoisotopic (exact) mass is 275 g/mol. The Labute approximate surface area is 116 Å². The Morgan fingerprint density at radius 1 is 1.42 bits per heavy atom. The van der Waals surface area contributed by atoms with Crippen molar-refractivity contribution in [3.05, 3.63) is 35.2 Å². The first-order valence-corrected chi connectivity index (χ1v) is 7.38. The summed E-state index contributed by atoms with van der Waals surface area (Å²) in [5.41, 5.74) is 0. The Hall–Kier alpha value is -1.39. The molecular formula is C15H17NO2S. The Bertz CT molecular complexity index is 560. The van der Waals surface area contributed by atoms with Gasteiger partial charge in [-0.15, -0.1) is 11.3 Å². The minimum absolute atomic E-state index is 0.0553. The second kappa shape index (κ2) is 5.31. The number of carbonyl (C=O) groups excluding carboxylic acids is 1. The number of rotatable bonds is 4. The van der Waals surface area contributed by atoms with Crippen LogP contribution in [0.15, 0.2) is 30.3 Å². The second-order valence-corrected chi connectivity index (χ2v) is 6.27. The molecule has 3 nitrogen and oxygen atoms in total. The van der Waals surface area contributed by atoms with E-state index in [0.717, 1.165) is 19.5 Å². The van der Waals surface area contributed by atoms with Gasteiger partial charge in [0, 0.05) is 29.1 Å². The van der Waals surface area contributed by atoms with Gasteiger partial charge in [-0.25, -0.2) is 0 Å². The van der Waals surface area contributed by atoms with E-state index in [4.69, 9.17) is 4.74 Å². The molecule has 2 aromatic rings. The average Bonchev–Trinajstić information content (AvgIpc) is 2.94. The van der Waals surface area contributed by atoms with Crippen LogP contribution in [0, 0.1) is 0 Å². The summed E-state index contributed by atoms with van der Waals surface area (Å²) < 4.78 is 6.58. The number of fused-ring (bicyclic) bond motifs is 1. The van der Waals surface area contributed by atoms with E-state index in [-0.39, 0.29) is 12.1 Å². The summed E-state index contributed by atoms with van der Waals surface area (Å²) >= 11 is 1.83. The molecule has 1 aromatic heterocycles. The predicted molar refractivity (Wildman–Crippen MR) is 77.3 cm³/mol. The molecular weight excluding hydrogens is 258 g/mol. The van der Waals surface area contributed by atoms with Crippen LogP contribution in [0.5, 0.6) is 0 Å². The summed E-state index contributed by atoms with van der Waals surface area (Å²) in [5.74, 6) is -0.0553. The summed E-state index contributed by atoms with van der Waals surface area (Å²) in [5, 5.41) is 1.31. The normalized spacial score (nSPS) is 19.3. The van der Waals surface area contributed by atoms with E-state index in [0.29, 0.717) is 6.42 Å². The highest BCUT2D eigenvalue weighted by Crippen LogP contribution is 2.26. The number of nitrogens with zero attached hydrogens (tertiary/aromatic N) is 1. The van der Waals surface area contributed by atoms with Crippen molar-refractivity contribution >= 4 is 27.4 Å². The van der Waals surface area contributed by atoms with Gasteiger partial charge in [0.1, 0.15) is 6.10 Å². The number of hydrogen-bond donors (Lipinski definition) is 0. The number of carbonyl (C=O) groups is 1. The van der Waals surface area contributed by atoms with Gasteiger partial charge in [-0.05, 0) is 31.0 Å². The van der Waals surface area contributed by atoms with Crippen LogP contribution in [0.1, 0.15) is 17.7 Å². The zero-order chi connectivity index (χ0) is 13.2. The molecule has 4 heteroatoms. The van der Waals surface area contributed by atoms with Crippen LogP contribution in [-0.2, 0) is 16.1 Å². The lowest BCUT2D eigenvalue weighted by atomic mass is 10.2. The van der Waals surface area contributed by atoms with Crippen molar-refractivity contribution in [1.82, 2.24) is 4.90 Å². The summed E-state index contributed by atoms with van der Waals surface area (Å²) in [6.07, 6.45) is 1.50. The molecule has 1 aliphatic rings. The van der Waals surface area contributed by atoms with E-state index < -0.39 is 0 Å². The van der Waals surface area contributed by atoms with E-state index in [2.05, 4.69) is 42.3 Å². The fourth-order valence-corrected chi connectivity index (χ4v) is 3.65. The number of benzene rings is 1. The second-order valence-electron chi connectivity index (χ2n) is 5.10. The molecule has 100 valence electrons. The fourth-order valence-electron chi connectivity index (χ4n) is 2.50. The minimum Gasteiger partial charge on any atom is -0.461 e. The maximum Gasteiger partial charge on any atom is 0.306 e. The van der Waals surface area contributed by atoms with Crippen LogP contribution in [0.4, 0.5) is 0 Å². The Kier molecular flexibility index (Phi) is 3.53. The molecule has 2 heterocycles. The molecule has 3 rings (SSSR count). The largest absolute Gasteiger partial charge is 0.461 e. The highest BCUT2D eigenvalue weighted by molar-refractivity contribution is 7.19. The zero-order valence-electron chi connectivity index (χ0n) is 11.0. The van der Waals surface area contributed by atoms with Gasteiger partial charge in [-0.1, -0.05) is 18.2 Å². The average molecular weight is 275 g/mol. The molecule has 0 bridgehead atoms. The van der Waals surface area contributed by atoms with Gasteiger partial charge in [0.15, 0.2) is 0 Å². The van der Waals surface area contributed by atoms with Gasteiger partial charge in [-0.2, -0.15) is 0 Å². The van der Waals surface area contributed by atoms with Gasteiger partial charge < -0.3 is 4.74 Å². The lowest BCUT2D eigenvalue weighted by molar-refractivity contribution is -0.141. The number of likely N-dealkylation sites (N-methyl/N-ethyl adjacent to an activating group) is 1. The van der Waals surface area contributed by atoms with E-state index in [1.54, 1.807) is 0 Å². The number of ether oxygens (including phenoxy) is 1. The van der Waals surface area contributed by atoms with Crippen molar-refractivity contribution < 1.29 is 9.53 Å². The van der Waals surface area contributed by atoms with Crippen LogP contribution in [0.25, 0.3) is 10.1 Å². The molecule has 0 N–H and O–H groups in total. The first-order valence-electron chi connectivity index (χ1n) is 6.56. The van der Waals surface area contributed by atoms with Crippen molar-refractivity contribution in [3.8, 4) is 0 Å². The molecule has 1 atom stereocenters. The highest BCUT2D eigenvalue weighted by Gasteiger charge is 2.24. The quantitative estimate of drug-likeness (QED) is 0.803. The van der Waals surface area contributed by atoms with Crippen molar-refractivity contribution in [2.24, 2.45) is 0 Å². The van der Waals surface area contributed by atoms with Crippen LogP contribution >= 0.6 is 11.3 Å². The number of esters is 1. The molecule has 1 fully saturated rings. The predicted octanol–water partition coefficient (Wildman–Crippen LogP) is 3.04. The standard InChI is InChI=1S/C15H17NO2S/c1-16(9-12-6-7-15(17)18-12)10-13-8-11-4-2-3-5-14(11)19-13/h2-5,8,12H,6-7,9-10H2,1H3/t12-/m0/s1. The van der Waals surface area contributed by atoms with Crippen molar-refractivity contribution in [1.29, 1.82) is 0 Å². The minimum atomic E-state index is -0.0553. The lowest BCUT2D eigenvalue weighted by Crippen LogP contribution is -2.28. The molecule has 0 radical (unpaired) electrons. The van der Waals surface area contributed by atoms with E-state index in [1.165, 1.54) is 15.0 Å². The Morgan fingerprint density at radius 2 is 2.26 bits per heavy atom. The van der Waals surface area contributed by atoms with Crippen LogP contribution < -0.4 is 0 Å². The summed E-state index contributed by atoms with van der Waals surface area (Å²) in [7, 11) is 2.08. The molecule has 0 amide bonds. The van der Waals surface area contributed by atoms with Crippen molar-refractivity contribution in [2.75, 3.05) is 13.6 Å². The Balaban J connectivity index is 1.62. The fraction of sp³-hybridized carbons (Fsp3) is 0.400. The first-order chi connectivity index (χ1) is 9.20. The molecule has 0 aliphatic carbocycles. The molecule has 0 unspecified atom stereocenters. The van der Waals surface area contributed by atoms with E-state index in [9.17, 15) is 4.79 Å². The molecule has 1 saturated heterocycles. The van der Waals surface area contributed by atoms with E-state index in [1.807, 2.05) is 11.3 Å². The maximum atomic E-state index is 11.1. The van der Waals surface area contributed by atoms with Gasteiger partial charge in [0.2, 0.25) is 0 Å². The molecule has 0 spiro atoms. The summed E-state index contributed by atoms with van der Waals surface area (Å²) in [4.78, 5) is 14.7. The smallest absolute Gasteiger partial charge is 0.306 e. The number of hydrogen-bond acceptors (Lipinski definition) is 4. The van der Waals surface area contributed by atoms with Crippen LogP contribution in [0.2, 0.25) is 0 Å². The third-order valence-corrected chi connectivity index (χ3v) is 4.49. The van der Waals surface area contributed by atoms with Gasteiger partial charge in [0.05, 0.1) is 0 Å². The molecule has 0 saturated carbocycles. The number of thiophene rings is 1. The lowest BCUT2D eigenvalue weighted by Gasteiger charge is -2.19. The Morgan fingerprint density at radius 3 is 3.00 bits per heavy atom. The third-order valence-electron chi connectivity index (χ3n) is 3.39. The van der Waals surface area contributed by atoms with Gasteiger partial charge in [0.25, 0.3) is 0 Å². The molecule has 1 aliphatic heterocycles. The zero-order valence-corrected chi connectivity index (χ0v) is 11.8. The third kappa shape index (κ3) is 2.96. The summed E-state index contributed by atoms with van der Waals surface area (Å²) in [6, 6.07) is 10.7. The van der Waals surface area contributed by atoms with E-state index >= 15 is 0 Å². The van der Waals surface area contributed by atoms with Crippen LogP contribution in [-0.4, -0.2) is 30.6 Å². The summed E-state index contributed by atoms with van der Waals surface area (Å²) in [6.45, 7) is 1.73. The van der Waals surface area contributed by atoms with Gasteiger partial charge >= 0.3 is 5.97 Å². The van der Waals surface area contributed by atoms with Gasteiger partial charge in [-0.3, -0.25) is 9.69 Å².